The highest BCUT2D eigenvalue weighted by atomic mass is 32.2. The highest BCUT2D eigenvalue weighted by Gasteiger charge is 2.28. The summed E-state index contributed by atoms with van der Waals surface area (Å²) in [6.45, 7) is 5.47. The second kappa shape index (κ2) is 8.83. The summed E-state index contributed by atoms with van der Waals surface area (Å²) >= 11 is 1.58. The number of rotatable bonds is 7. The lowest BCUT2D eigenvalue weighted by Crippen LogP contribution is -2.37. The van der Waals surface area contributed by atoms with Crippen molar-refractivity contribution in [2.45, 2.75) is 18.5 Å². The van der Waals surface area contributed by atoms with Crippen LogP contribution in [-0.4, -0.2) is 76.7 Å². The van der Waals surface area contributed by atoms with Crippen LogP contribution < -0.4 is 10.2 Å². The van der Waals surface area contributed by atoms with Crippen LogP contribution in [0, 0.1) is 6.92 Å². The number of morpholine rings is 1. The minimum absolute atomic E-state index is 0.0939. The first-order valence-electron chi connectivity index (χ1n) is 9.69. The Bertz CT molecular complexity index is 863. The van der Waals surface area contributed by atoms with Crippen LogP contribution in [0.5, 0.6) is 0 Å². The van der Waals surface area contributed by atoms with Gasteiger partial charge in [0.1, 0.15) is 0 Å². The molecule has 2 aliphatic rings. The quantitative estimate of drug-likeness (QED) is 0.415. The molecule has 2 aliphatic heterocycles. The first-order valence-corrected chi connectivity index (χ1v) is 10.7. The van der Waals surface area contributed by atoms with E-state index in [1.54, 1.807) is 11.8 Å². The number of aromatic nitrogens is 3. The summed E-state index contributed by atoms with van der Waals surface area (Å²) in [4.78, 5) is 26.8. The lowest BCUT2D eigenvalue weighted by atomic mass is 10.2. The summed E-state index contributed by atoms with van der Waals surface area (Å²) in [5.74, 6) is 1.37. The van der Waals surface area contributed by atoms with Gasteiger partial charge in [0, 0.05) is 25.4 Å². The van der Waals surface area contributed by atoms with Crippen molar-refractivity contribution >= 4 is 29.6 Å². The molecule has 2 aromatic rings. The molecule has 0 saturated carbocycles. The summed E-state index contributed by atoms with van der Waals surface area (Å²) in [5.41, 5.74) is 2.20. The number of imide groups is 1. The second-order valence-electron chi connectivity index (χ2n) is 6.96. The van der Waals surface area contributed by atoms with Gasteiger partial charge in [-0.25, -0.2) is 4.79 Å². The van der Waals surface area contributed by atoms with E-state index in [1.165, 1.54) is 10.5 Å². The van der Waals surface area contributed by atoms with Gasteiger partial charge in [0.25, 0.3) is 0 Å². The molecule has 154 valence electrons. The lowest BCUT2D eigenvalue weighted by Gasteiger charge is -2.28. The van der Waals surface area contributed by atoms with Crippen molar-refractivity contribution in [1.82, 2.24) is 25.0 Å². The Balaban J connectivity index is 1.48. The van der Waals surface area contributed by atoms with Crippen molar-refractivity contribution in [2.75, 3.05) is 50.0 Å². The molecule has 0 aliphatic carbocycles. The van der Waals surface area contributed by atoms with Gasteiger partial charge in [-0.15, -0.1) is 10.2 Å². The molecule has 4 rings (SSSR count). The third-order valence-corrected chi connectivity index (χ3v) is 5.91. The van der Waals surface area contributed by atoms with E-state index in [0.29, 0.717) is 26.2 Å². The third kappa shape index (κ3) is 4.38. The number of nitrogens with one attached hydrogen (secondary N) is 1. The molecule has 1 aromatic carbocycles. The molecule has 9 nitrogen and oxygen atoms in total. The number of thioether (sulfide) groups is 1. The van der Waals surface area contributed by atoms with Crippen LogP contribution in [0.15, 0.2) is 29.4 Å². The standard InChI is InChI=1S/C19H24N6O3S/c1-14-3-5-15(6-4-14)25-17(23-8-10-28-11-9-23)21-22-19(25)29-12-2-7-24-16(26)13-20-18(24)27/h3-6H,2,7-13H2,1H3,(H,20,27). The average molecular weight is 417 g/mol. The van der Waals surface area contributed by atoms with Crippen molar-refractivity contribution in [1.29, 1.82) is 0 Å². The predicted octanol–water partition coefficient (Wildman–Crippen LogP) is 1.45. The number of benzene rings is 1. The summed E-state index contributed by atoms with van der Waals surface area (Å²) in [7, 11) is 0. The van der Waals surface area contributed by atoms with Crippen molar-refractivity contribution in [3.05, 3.63) is 29.8 Å². The average Bonchev–Trinajstić information content (AvgIpc) is 3.30. The first kappa shape index (κ1) is 19.7. The molecule has 3 amide bonds. The van der Waals surface area contributed by atoms with E-state index in [1.807, 2.05) is 0 Å². The Morgan fingerprint density at radius 2 is 1.90 bits per heavy atom. The molecule has 0 atom stereocenters. The molecular weight excluding hydrogens is 392 g/mol. The fraction of sp³-hybridized carbons (Fsp3) is 0.474. The van der Waals surface area contributed by atoms with Gasteiger partial charge in [-0.2, -0.15) is 0 Å². The molecule has 29 heavy (non-hydrogen) atoms. The van der Waals surface area contributed by atoms with Gasteiger partial charge in [-0.3, -0.25) is 14.3 Å². The van der Waals surface area contributed by atoms with Crippen LogP contribution in [0.1, 0.15) is 12.0 Å². The second-order valence-corrected chi connectivity index (χ2v) is 8.02. The molecular formula is C19H24N6O3S. The maximum Gasteiger partial charge on any atom is 0.324 e. The third-order valence-electron chi connectivity index (χ3n) is 4.90. The maximum atomic E-state index is 11.7. The normalized spacial score (nSPS) is 17.1. The van der Waals surface area contributed by atoms with E-state index >= 15 is 0 Å². The van der Waals surface area contributed by atoms with E-state index in [4.69, 9.17) is 4.74 Å². The van der Waals surface area contributed by atoms with Crippen molar-refractivity contribution in [3.63, 3.8) is 0 Å². The number of amides is 3. The highest BCUT2D eigenvalue weighted by Crippen LogP contribution is 2.27. The number of carbonyl (C=O) groups is 2. The number of ether oxygens (including phenoxy) is 1. The Morgan fingerprint density at radius 3 is 2.59 bits per heavy atom. The summed E-state index contributed by atoms with van der Waals surface area (Å²) in [5, 5.41) is 12.2. The fourth-order valence-electron chi connectivity index (χ4n) is 3.31. The van der Waals surface area contributed by atoms with Crippen LogP contribution in [-0.2, 0) is 9.53 Å². The Kier molecular flexibility index (Phi) is 6.00. The van der Waals surface area contributed by atoms with Crippen LogP contribution >= 0.6 is 11.8 Å². The summed E-state index contributed by atoms with van der Waals surface area (Å²) in [6, 6.07) is 7.98. The number of hydrogen-bond acceptors (Lipinski definition) is 7. The van der Waals surface area contributed by atoms with Gasteiger partial charge < -0.3 is 15.0 Å². The minimum Gasteiger partial charge on any atom is -0.378 e. The molecule has 1 N–H and O–H groups in total. The molecule has 1 aromatic heterocycles. The highest BCUT2D eigenvalue weighted by molar-refractivity contribution is 7.99. The number of nitrogens with zero attached hydrogens (tertiary/aromatic N) is 5. The van der Waals surface area contributed by atoms with E-state index < -0.39 is 0 Å². The molecule has 0 spiro atoms. The van der Waals surface area contributed by atoms with E-state index in [9.17, 15) is 9.59 Å². The molecule has 0 radical (unpaired) electrons. The van der Waals surface area contributed by atoms with Gasteiger partial charge in [0.2, 0.25) is 11.9 Å². The number of hydrogen-bond donors (Lipinski definition) is 1. The lowest BCUT2D eigenvalue weighted by molar-refractivity contribution is -0.124. The number of carbonyl (C=O) groups excluding carboxylic acids is 2. The zero-order valence-corrected chi connectivity index (χ0v) is 17.2. The van der Waals surface area contributed by atoms with Crippen molar-refractivity contribution in [2.24, 2.45) is 0 Å². The molecule has 10 heteroatoms. The van der Waals surface area contributed by atoms with E-state index in [-0.39, 0.29) is 18.5 Å². The maximum absolute atomic E-state index is 11.7. The van der Waals surface area contributed by atoms with E-state index in [0.717, 1.165) is 35.6 Å². The Labute approximate surface area is 173 Å². The smallest absolute Gasteiger partial charge is 0.324 e. The largest absolute Gasteiger partial charge is 0.378 e. The zero-order chi connectivity index (χ0) is 20.2. The first-order chi connectivity index (χ1) is 14.1. The predicted molar refractivity (Wildman–Crippen MR) is 110 cm³/mol. The topological polar surface area (TPSA) is 92.6 Å². The fourth-order valence-corrected chi connectivity index (χ4v) is 4.18. The zero-order valence-electron chi connectivity index (χ0n) is 16.3. The minimum atomic E-state index is -0.308. The molecule has 2 saturated heterocycles. The summed E-state index contributed by atoms with van der Waals surface area (Å²) in [6.07, 6.45) is 0.692. The van der Waals surface area contributed by atoms with Gasteiger partial charge in [-0.1, -0.05) is 29.5 Å². The Hall–Kier alpha value is -2.59. The number of anilines is 1. The molecule has 3 heterocycles. The van der Waals surface area contributed by atoms with Crippen LogP contribution in [0.3, 0.4) is 0 Å². The van der Waals surface area contributed by atoms with Crippen LogP contribution in [0.4, 0.5) is 10.7 Å². The van der Waals surface area contributed by atoms with E-state index in [2.05, 4.69) is 56.2 Å². The molecule has 0 bridgehead atoms. The number of urea groups is 1. The Morgan fingerprint density at radius 1 is 1.14 bits per heavy atom. The van der Waals surface area contributed by atoms with Gasteiger partial charge >= 0.3 is 6.03 Å². The van der Waals surface area contributed by atoms with Crippen molar-refractivity contribution in [3.8, 4) is 5.69 Å². The number of aryl methyl sites for hydroxylation is 1. The van der Waals surface area contributed by atoms with Gasteiger partial charge in [0.15, 0.2) is 5.16 Å². The summed E-state index contributed by atoms with van der Waals surface area (Å²) < 4.78 is 7.54. The van der Waals surface area contributed by atoms with Crippen LogP contribution in [0.2, 0.25) is 0 Å². The molecule has 0 unspecified atom stereocenters. The van der Waals surface area contributed by atoms with Crippen molar-refractivity contribution < 1.29 is 14.3 Å². The van der Waals surface area contributed by atoms with Gasteiger partial charge in [0.05, 0.1) is 25.4 Å². The SMILES string of the molecule is Cc1ccc(-n2c(SCCCN3C(=O)CNC3=O)nnc2N2CCOCC2)cc1. The van der Waals surface area contributed by atoms with Gasteiger partial charge in [-0.05, 0) is 25.5 Å². The van der Waals surface area contributed by atoms with Crippen LogP contribution in [0.25, 0.3) is 5.69 Å². The molecule has 2 fully saturated rings. The monoisotopic (exact) mass is 416 g/mol.